The predicted octanol–water partition coefficient (Wildman–Crippen LogP) is 0.657. The minimum Gasteiger partial charge on any atom is -0.776 e. The molecule has 0 spiro atoms. The highest BCUT2D eigenvalue weighted by Crippen LogP contribution is 2.65. The molecular formula is C15H19NO6P2. The van der Waals surface area contributed by atoms with Crippen LogP contribution in [0.5, 0.6) is 0 Å². The summed E-state index contributed by atoms with van der Waals surface area (Å²) in [6, 6.07) is 13.0. The molecule has 9 heteroatoms. The molecule has 2 aromatic rings. The van der Waals surface area contributed by atoms with E-state index < -0.39 is 26.6 Å². The van der Waals surface area contributed by atoms with Crippen LogP contribution in [0.2, 0.25) is 0 Å². The van der Waals surface area contributed by atoms with E-state index in [1.54, 1.807) is 12.3 Å². The van der Waals surface area contributed by atoms with Gasteiger partial charge in [-0.2, -0.15) is 0 Å². The molecule has 1 aromatic heterocycles. The van der Waals surface area contributed by atoms with E-state index in [-0.39, 0.29) is 0 Å². The highest BCUT2D eigenvalue weighted by atomic mass is 31.2. The van der Waals surface area contributed by atoms with Crippen LogP contribution in [0, 0.1) is 0 Å². The van der Waals surface area contributed by atoms with Gasteiger partial charge >= 0.3 is 0 Å². The van der Waals surface area contributed by atoms with Gasteiger partial charge in [0.15, 0.2) is 26.5 Å². The highest BCUT2D eigenvalue weighted by Gasteiger charge is 2.54. The van der Waals surface area contributed by atoms with Crippen molar-refractivity contribution in [1.82, 2.24) is 0 Å². The molecule has 1 heterocycles. The van der Waals surface area contributed by atoms with Crippen molar-refractivity contribution in [3.8, 4) is 0 Å². The Bertz CT molecular complexity index is 777. The molecule has 3 atom stereocenters. The SMILES string of the molecule is CP(=O)(O)C(O)(C[n+]1cccc(Cc2ccccc2)c1)P(=O)([O-])O. The smallest absolute Gasteiger partial charge is 0.263 e. The van der Waals surface area contributed by atoms with Crippen LogP contribution in [0.25, 0.3) is 0 Å². The zero-order chi connectivity index (χ0) is 18.0. The minimum atomic E-state index is -5.48. The van der Waals surface area contributed by atoms with Gasteiger partial charge in [-0.25, -0.2) is 4.57 Å². The molecule has 7 nitrogen and oxygen atoms in total. The molecule has 0 radical (unpaired) electrons. The van der Waals surface area contributed by atoms with E-state index in [4.69, 9.17) is 0 Å². The van der Waals surface area contributed by atoms with E-state index >= 15 is 0 Å². The van der Waals surface area contributed by atoms with Gasteiger partial charge in [0, 0.05) is 24.7 Å². The van der Waals surface area contributed by atoms with Crippen molar-refractivity contribution in [2.75, 3.05) is 6.66 Å². The molecule has 0 amide bonds. The second-order valence-corrected chi connectivity index (χ2v) is 10.4. The molecule has 0 bridgehead atoms. The Balaban J connectivity index is 2.31. The van der Waals surface area contributed by atoms with Crippen LogP contribution >= 0.6 is 15.0 Å². The maximum Gasteiger partial charge on any atom is 0.263 e. The van der Waals surface area contributed by atoms with Crippen molar-refractivity contribution in [1.29, 1.82) is 0 Å². The zero-order valence-corrected chi connectivity index (χ0v) is 14.8. The maximum atomic E-state index is 11.8. The molecule has 0 saturated carbocycles. The van der Waals surface area contributed by atoms with E-state index in [0.29, 0.717) is 13.1 Å². The Hall–Kier alpha value is -1.33. The summed E-state index contributed by atoms with van der Waals surface area (Å²) in [5.74, 6) is 0. The molecule has 0 fully saturated rings. The van der Waals surface area contributed by atoms with Crippen molar-refractivity contribution in [2.45, 2.75) is 18.0 Å². The molecule has 1 aromatic carbocycles. The van der Waals surface area contributed by atoms with Gasteiger partial charge in [0.25, 0.3) is 5.08 Å². The first kappa shape index (κ1) is 19.0. The van der Waals surface area contributed by atoms with Gasteiger partial charge < -0.3 is 24.4 Å². The van der Waals surface area contributed by atoms with E-state index in [9.17, 15) is 28.9 Å². The van der Waals surface area contributed by atoms with Crippen molar-refractivity contribution in [3.05, 3.63) is 66.0 Å². The van der Waals surface area contributed by atoms with Crippen LogP contribution in [0.3, 0.4) is 0 Å². The first-order valence-electron chi connectivity index (χ1n) is 7.11. The predicted molar refractivity (Wildman–Crippen MR) is 86.4 cm³/mol. The van der Waals surface area contributed by atoms with E-state index in [0.717, 1.165) is 11.1 Å². The molecule has 2 rings (SSSR count). The summed E-state index contributed by atoms with van der Waals surface area (Å²) in [7, 11) is -10.0. The Kier molecular flexibility index (Phi) is 5.45. The number of pyridine rings is 1. The number of hydrogen-bond donors (Lipinski definition) is 3. The second-order valence-electron chi connectivity index (χ2n) is 5.72. The second kappa shape index (κ2) is 6.89. The summed E-state index contributed by atoms with van der Waals surface area (Å²) >= 11 is 0. The molecule has 0 aliphatic rings. The lowest BCUT2D eigenvalue weighted by atomic mass is 10.1. The number of nitrogens with zero attached hydrogens (tertiary/aromatic N) is 1. The molecule has 3 N–H and O–H groups in total. The Labute approximate surface area is 139 Å². The summed E-state index contributed by atoms with van der Waals surface area (Å²) in [4.78, 5) is 30.3. The first-order chi connectivity index (χ1) is 11.0. The molecule has 0 saturated heterocycles. The van der Waals surface area contributed by atoms with Crippen LogP contribution < -0.4 is 9.46 Å². The Morgan fingerprint density at radius 1 is 1.08 bits per heavy atom. The Morgan fingerprint density at radius 2 is 1.67 bits per heavy atom. The summed E-state index contributed by atoms with van der Waals surface area (Å²) in [5, 5.41) is 7.02. The fraction of sp³-hybridized carbons (Fsp3) is 0.267. The number of hydrogen-bond acceptors (Lipinski definition) is 4. The van der Waals surface area contributed by atoms with Gasteiger partial charge in [-0.3, -0.25) is 4.57 Å². The summed E-state index contributed by atoms with van der Waals surface area (Å²) in [6.45, 7) is -0.0562. The summed E-state index contributed by atoms with van der Waals surface area (Å²) < 4.78 is 24.6. The van der Waals surface area contributed by atoms with Crippen molar-refractivity contribution in [3.63, 3.8) is 0 Å². The normalized spacial score (nSPS) is 19.0. The lowest BCUT2D eigenvalue weighted by Crippen LogP contribution is -2.49. The van der Waals surface area contributed by atoms with Gasteiger partial charge in [0.05, 0.1) is 0 Å². The monoisotopic (exact) mass is 371 g/mol. The van der Waals surface area contributed by atoms with Crippen LogP contribution in [-0.2, 0) is 22.1 Å². The third kappa shape index (κ3) is 4.19. The average molecular weight is 371 g/mol. The lowest BCUT2D eigenvalue weighted by Gasteiger charge is -2.35. The number of aliphatic hydroxyl groups is 1. The van der Waals surface area contributed by atoms with E-state index in [2.05, 4.69) is 0 Å². The summed E-state index contributed by atoms with van der Waals surface area (Å²) in [6.07, 6.45) is 3.57. The van der Waals surface area contributed by atoms with Crippen LogP contribution in [0.1, 0.15) is 11.1 Å². The molecule has 24 heavy (non-hydrogen) atoms. The Morgan fingerprint density at radius 3 is 2.21 bits per heavy atom. The molecule has 0 aliphatic carbocycles. The van der Waals surface area contributed by atoms with Crippen molar-refractivity contribution in [2.24, 2.45) is 0 Å². The third-order valence-corrected chi connectivity index (χ3v) is 8.07. The number of rotatable bonds is 6. The fourth-order valence-corrected chi connectivity index (χ4v) is 4.95. The minimum absolute atomic E-state index is 0.567. The summed E-state index contributed by atoms with van der Waals surface area (Å²) in [5.41, 5.74) is 1.85. The third-order valence-electron chi connectivity index (χ3n) is 3.68. The van der Waals surface area contributed by atoms with Gasteiger partial charge in [-0.1, -0.05) is 30.3 Å². The standard InChI is InChI=1S/C15H19NO6P2/c1-23(18,19)15(17,24(20,21)22)12-16-9-5-8-14(11-16)10-13-6-3-2-4-7-13/h2-9,11,17H,10,12H2,1H3,(H2-,18,19,20,21,22). The molecular weight excluding hydrogens is 352 g/mol. The van der Waals surface area contributed by atoms with Gasteiger partial charge in [-0.05, 0) is 11.6 Å². The largest absolute Gasteiger partial charge is 0.776 e. The van der Waals surface area contributed by atoms with Crippen LogP contribution in [0.15, 0.2) is 54.9 Å². The highest BCUT2D eigenvalue weighted by molar-refractivity contribution is 7.74. The van der Waals surface area contributed by atoms with Gasteiger partial charge in [0.2, 0.25) is 7.37 Å². The molecule has 3 unspecified atom stereocenters. The molecule has 130 valence electrons. The van der Waals surface area contributed by atoms with Crippen LogP contribution in [-0.4, -0.2) is 26.6 Å². The number of aromatic nitrogens is 1. The van der Waals surface area contributed by atoms with Gasteiger partial charge in [0.1, 0.15) is 0 Å². The fourth-order valence-electron chi connectivity index (χ4n) is 2.31. The van der Waals surface area contributed by atoms with Crippen molar-refractivity contribution < 1.29 is 33.5 Å². The number of benzene rings is 1. The van der Waals surface area contributed by atoms with Crippen molar-refractivity contribution >= 4 is 15.0 Å². The van der Waals surface area contributed by atoms with E-state index in [1.165, 1.54) is 10.8 Å². The lowest BCUT2D eigenvalue weighted by molar-refractivity contribution is -0.704. The van der Waals surface area contributed by atoms with Crippen LogP contribution in [0.4, 0.5) is 0 Å². The van der Waals surface area contributed by atoms with Gasteiger partial charge in [-0.15, -0.1) is 0 Å². The zero-order valence-electron chi connectivity index (χ0n) is 13.0. The van der Waals surface area contributed by atoms with E-state index in [1.807, 2.05) is 36.4 Å². The average Bonchev–Trinajstić information content (AvgIpc) is 2.46. The molecule has 0 aliphatic heterocycles. The maximum absolute atomic E-state index is 11.8. The topological polar surface area (TPSA) is 122 Å². The first-order valence-corrected chi connectivity index (χ1v) is 10.8. The quantitative estimate of drug-likeness (QED) is 0.507.